The monoisotopic (exact) mass is 160 g/mol. The van der Waals surface area contributed by atoms with Gasteiger partial charge in [-0.3, -0.25) is 0 Å². The van der Waals surface area contributed by atoms with E-state index >= 15 is 0 Å². The van der Waals surface area contributed by atoms with Gasteiger partial charge < -0.3 is 14.2 Å². The molecule has 11 heavy (non-hydrogen) atoms. The van der Waals surface area contributed by atoms with Crippen molar-refractivity contribution in [2.75, 3.05) is 19.8 Å². The zero-order chi connectivity index (χ0) is 8.32. The molecule has 1 atom stereocenters. The fraction of sp³-hybridized carbons (Fsp3) is 0.857. The predicted octanol–water partition coefficient (Wildman–Crippen LogP) is 0.948. The molecule has 0 aromatic rings. The van der Waals surface area contributed by atoms with Gasteiger partial charge >= 0.3 is 6.16 Å². The molecule has 1 aliphatic heterocycles. The van der Waals surface area contributed by atoms with Crippen LogP contribution in [-0.2, 0) is 14.2 Å². The zero-order valence-electron chi connectivity index (χ0n) is 6.75. The lowest BCUT2D eigenvalue weighted by Crippen LogP contribution is -2.33. The Hall–Kier alpha value is -0.770. The number of carbonyl (C=O) groups is 1. The van der Waals surface area contributed by atoms with Crippen LogP contribution in [0.1, 0.15) is 13.8 Å². The molecule has 0 bridgehead atoms. The first kappa shape index (κ1) is 8.33. The molecule has 1 heterocycles. The van der Waals surface area contributed by atoms with Gasteiger partial charge in [0.05, 0.1) is 6.61 Å². The topological polar surface area (TPSA) is 44.8 Å². The Bertz CT molecular complexity index is 157. The van der Waals surface area contributed by atoms with E-state index in [9.17, 15) is 4.79 Å². The molecular weight excluding hydrogens is 148 g/mol. The van der Waals surface area contributed by atoms with E-state index in [-0.39, 0.29) is 6.61 Å². The molecule has 0 N–H and O–H groups in total. The fourth-order valence-electron chi connectivity index (χ4n) is 0.861. The normalized spacial score (nSPS) is 29.8. The SMILES string of the molecule is CCOCC1(C)COC(=O)O1. The molecule has 0 radical (unpaired) electrons. The maximum absolute atomic E-state index is 10.5. The van der Waals surface area contributed by atoms with E-state index in [1.807, 2.05) is 6.92 Å². The molecule has 0 aliphatic carbocycles. The summed E-state index contributed by atoms with van der Waals surface area (Å²) in [4.78, 5) is 10.5. The third kappa shape index (κ3) is 2.08. The summed E-state index contributed by atoms with van der Waals surface area (Å²) < 4.78 is 14.6. The van der Waals surface area contributed by atoms with Crippen LogP contribution in [-0.4, -0.2) is 31.6 Å². The molecule has 4 nitrogen and oxygen atoms in total. The van der Waals surface area contributed by atoms with Crippen molar-refractivity contribution in [3.8, 4) is 0 Å². The van der Waals surface area contributed by atoms with E-state index < -0.39 is 11.8 Å². The minimum atomic E-state index is -0.604. The van der Waals surface area contributed by atoms with Crippen molar-refractivity contribution in [1.29, 1.82) is 0 Å². The summed E-state index contributed by atoms with van der Waals surface area (Å²) >= 11 is 0. The van der Waals surface area contributed by atoms with Crippen molar-refractivity contribution in [2.45, 2.75) is 19.4 Å². The molecule has 4 heteroatoms. The second-order valence-corrected chi connectivity index (χ2v) is 2.73. The van der Waals surface area contributed by atoms with Crippen molar-refractivity contribution >= 4 is 6.16 Å². The summed E-state index contributed by atoms with van der Waals surface area (Å²) in [6.45, 7) is 4.97. The van der Waals surface area contributed by atoms with Gasteiger partial charge in [-0.1, -0.05) is 0 Å². The van der Waals surface area contributed by atoms with Crippen LogP contribution < -0.4 is 0 Å². The molecular formula is C7H12O4. The summed E-state index contributed by atoms with van der Waals surface area (Å²) in [6.07, 6.45) is -0.604. The van der Waals surface area contributed by atoms with Gasteiger partial charge in [0, 0.05) is 6.61 Å². The highest BCUT2D eigenvalue weighted by Gasteiger charge is 2.37. The summed E-state index contributed by atoms with van der Waals surface area (Å²) in [5, 5.41) is 0. The van der Waals surface area contributed by atoms with Crippen LogP contribution >= 0.6 is 0 Å². The van der Waals surface area contributed by atoms with E-state index in [2.05, 4.69) is 4.74 Å². The van der Waals surface area contributed by atoms with Gasteiger partial charge in [-0.05, 0) is 13.8 Å². The lowest BCUT2D eigenvalue weighted by Gasteiger charge is -2.18. The van der Waals surface area contributed by atoms with Crippen molar-refractivity contribution in [3.63, 3.8) is 0 Å². The largest absolute Gasteiger partial charge is 0.509 e. The average molecular weight is 160 g/mol. The van der Waals surface area contributed by atoms with E-state index in [4.69, 9.17) is 9.47 Å². The first-order valence-corrected chi connectivity index (χ1v) is 3.60. The first-order valence-electron chi connectivity index (χ1n) is 3.60. The van der Waals surface area contributed by atoms with Crippen LogP contribution in [0.25, 0.3) is 0 Å². The quantitative estimate of drug-likeness (QED) is 0.576. The minimum Gasteiger partial charge on any atom is -0.430 e. The van der Waals surface area contributed by atoms with Gasteiger partial charge in [-0.2, -0.15) is 0 Å². The molecule has 1 saturated heterocycles. The van der Waals surface area contributed by atoms with Crippen molar-refractivity contribution in [3.05, 3.63) is 0 Å². The maximum atomic E-state index is 10.5. The number of cyclic esters (lactones) is 2. The summed E-state index contributed by atoms with van der Waals surface area (Å²) in [5.74, 6) is 0. The molecule has 0 saturated carbocycles. The molecule has 64 valence electrons. The predicted molar refractivity (Wildman–Crippen MR) is 37.3 cm³/mol. The minimum absolute atomic E-state index is 0.284. The second-order valence-electron chi connectivity index (χ2n) is 2.73. The van der Waals surface area contributed by atoms with Crippen molar-refractivity contribution < 1.29 is 19.0 Å². The molecule has 0 aromatic heterocycles. The van der Waals surface area contributed by atoms with Crippen LogP contribution in [0.3, 0.4) is 0 Å². The smallest absolute Gasteiger partial charge is 0.430 e. The Morgan fingerprint density at radius 1 is 1.73 bits per heavy atom. The Labute approximate surface area is 65.4 Å². The lowest BCUT2D eigenvalue weighted by molar-refractivity contribution is -0.0115. The molecule has 1 rings (SSSR count). The standard InChI is InChI=1S/C7H12O4/c1-3-9-4-7(2)5-10-6(8)11-7/h3-5H2,1-2H3. The van der Waals surface area contributed by atoms with Crippen LogP contribution in [0, 0.1) is 0 Å². The Kier molecular flexibility index (Phi) is 2.34. The average Bonchev–Trinajstić information content (AvgIpc) is 2.28. The number of carbonyl (C=O) groups excluding carboxylic acids is 1. The zero-order valence-corrected chi connectivity index (χ0v) is 6.75. The van der Waals surface area contributed by atoms with Crippen LogP contribution in [0.4, 0.5) is 4.79 Å². The molecule has 1 aliphatic rings. The van der Waals surface area contributed by atoms with Gasteiger partial charge in [0.2, 0.25) is 0 Å². The third-order valence-electron chi connectivity index (χ3n) is 1.44. The van der Waals surface area contributed by atoms with Gasteiger partial charge in [-0.15, -0.1) is 0 Å². The van der Waals surface area contributed by atoms with Gasteiger partial charge in [0.25, 0.3) is 0 Å². The molecule has 0 spiro atoms. The summed E-state index contributed by atoms with van der Waals surface area (Å²) in [7, 11) is 0. The van der Waals surface area contributed by atoms with Crippen LogP contribution in [0.2, 0.25) is 0 Å². The highest BCUT2D eigenvalue weighted by molar-refractivity contribution is 5.62. The van der Waals surface area contributed by atoms with E-state index in [1.165, 1.54) is 0 Å². The van der Waals surface area contributed by atoms with E-state index in [0.29, 0.717) is 13.2 Å². The second kappa shape index (κ2) is 3.09. The number of hydrogen-bond acceptors (Lipinski definition) is 4. The van der Waals surface area contributed by atoms with Gasteiger partial charge in [0.1, 0.15) is 6.61 Å². The van der Waals surface area contributed by atoms with Gasteiger partial charge in [-0.25, -0.2) is 4.79 Å². The van der Waals surface area contributed by atoms with Crippen molar-refractivity contribution in [1.82, 2.24) is 0 Å². The maximum Gasteiger partial charge on any atom is 0.509 e. The highest BCUT2D eigenvalue weighted by Crippen LogP contribution is 2.19. The highest BCUT2D eigenvalue weighted by atomic mass is 16.8. The molecule has 1 fully saturated rings. The van der Waals surface area contributed by atoms with E-state index in [1.54, 1.807) is 6.92 Å². The fourth-order valence-corrected chi connectivity index (χ4v) is 0.861. The molecule has 1 unspecified atom stereocenters. The first-order chi connectivity index (χ1) is 5.16. The number of ether oxygens (including phenoxy) is 3. The van der Waals surface area contributed by atoms with Gasteiger partial charge in [0.15, 0.2) is 5.60 Å². The Morgan fingerprint density at radius 3 is 2.91 bits per heavy atom. The lowest BCUT2D eigenvalue weighted by atomic mass is 10.1. The Balaban J connectivity index is 2.35. The van der Waals surface area contributed by atoms with Crippen molar-refractivity contribution in [2.24, 2.45) is 0 Å². The number of rotatable bonds is 3. The van der Waals surface area contributed by atoms with Crippen LogP contribution in [0.5, 0.6) is 0 Å². The molecule has 0 aromatic carbocycles. The van der Waals surface area contributed by atoms with Crippen LogP contribution in [0.15, 0.2) is 0 Å². The molecule has 0 amide bonds. The summed E-state index contributed by atoms with van der Waals surface area (Å²) in [6, 6.07) is 0. The number of hydrogen-bond donors (Lipinski definition) is 0. The summed E-state index contributed by atoms with van der Waals surface area (Å²) in [5.41, 5.74) is -0.576. The Morgan fingerprint density at radius 2 is 2.45 bits per heavy atom. The van der Waals surface area contributed by atoms with E-state index in [0.717, 1.165) is 0 Å². The third-order valence-corrected chi connectivity index (χ3v) is 1.44.